The molecule has 1 saturated heterocycles. The zero-order chi connectivity index (χ0) is 23.3. The molecule has 1 fully saturated rings. The maximum absolute atomic E-state index is 13.3. The quantitative estimate of drug-likeness (QED) is 0.237. The van der Waals surface area contributed by atoms with Crippen molar-refractivity contribution in [1.29, 1.82) is 0 Å². The summed E-state index contributed by atoms with van der Waals surface area (Å²) in [6, 6.07) is 13.1. The van der Waals surface area contributed by atoms with E-state index in [9.17, 15) is 14.7 Å². The first-order chi connectivity index (χ1) is 15.8. The molecule has 0 bridgehead atoms. The average Bonchev–Trinajstić information content (AvgIpc) is 3.33. The Kier molecular flexibility index (Phi) is 5.23. The minimum Gasteiger partial charge on any atom is -0.507 e. The van der Waals surface area contributed by atoms with Gasteiger partial charge in [0.05, 0.1) is 21.8 Å². The summed E-state index contributed by atoms with van der Waals surface area (Å²) in [4.78, 5) is 36.7. The lowest BCUT2D eigenvalue weighted by molar-refractivity contribution is -0.132. The molecule has 8 heteroatoms. The smallest absolute Gasteiger partial charge is 0.301 e. The lowest BCUT2D eigenvalue weighted by Gasteiger charge is -2.22. The third-order valence-corrected chi connectivity index (χ3v) is 6.84. The van der Waals surface area contributed by atoms with Gasteiger partial charge in [-0.2, -0.15) is 0 Å². The molecule has 5 rings (SSSR count). The highest BCUT2D eigenvalue weighted by Crippen LogP contribution is 2.44. The summed E-state index contributed by atoms with van der Waals surface area (Å²) in [5, 5.41) is 12.0. The summed E-state index contributed by atoms with van der Waals surface area (Å²) >= 11 is 7.31. The van der Waals surface area contributed by atoms with Gasteiger partial charge in [0.15, 0.2) is 5.13 Å². The first kappa shape index (κ1) is 21.3. The fourth-order valence-electron chi connectivity index (χ4n) is 4.11. The number of hydrogen-bond donors (Lipinski definition) is 1. The Labute approximate surface area is 198 Å². The first-order valence-electron chi connectivity index (χ1n) is 10.2. The molecule has 0 radical (unpaired) electrons. The SMILES string of the molecule is Cc1cc(C)c2nc(N3C(=O)C(=O)/C(=C(/O)c4ccc(Cl)cc4)C3c3cccnc3)sc2c1. The Balaban J connectivity index is 1.73. The van der Waals surface area contributed by atoms with E-state index in [1.807, 2.05) is 26.0 Å². The van der Waals surface area contributed by atoms with Gasteiger partial charge in [-0.15, -0.1) is 0 Å². The number of thiazole rings is 1. The van der Waals surface area contributed by atoms with Crippen molar-refractivity contribution in [3.05, 3.63) is 93.8 Å². The molecule has 0 aliphatic carbocycles. The lowest BCUT2D eigenvalue weighted by atomic mass is 9.96. The molecule has 2 aromatic carbocycles. The Morgan fingerprint density at radius 3 is 2.58 bits per heavy atom. The molecule has 6 nitrogen and oxygen atoms in total. The van der Waals surface area contributed by atoms with E-state index in [2.05, 4.69) is 4.98 Å². The van der Waals surface area contributed by atoms with Crippen LogP contribution in [-0.4, -0.2) is 26.8 Å². The lowest BCUT2D eigenvalue weighted by Crippen LogP contribution is -2.29. The maximum atomic E-state index is 13.3. The van der Waals surface area contributed by atoms with Crippen LogP contribution >= 0.6 is 22.9 Å². The minimum atomic E-state index is -0.864. The number of halogens is 1. The highest BCUT2D eigenvalue weighted by molar-refractivity contribution is 7.22. The molecule has 1 N–H and O–H groups in total. The molecular weight excluding hydrogens is 458 g/mol. The van der Waals surface area contributed by atoms with Crippen molar-refractivity contribution in [2.45, 2.75) is 19.9 Å². The minimum absolute atomic E-state index is 0.0116. The largest absolute Gasteiger partial charge is 0.507 e. The molecule has 1 aliphatic rings. The molecule has 2 aromatic heterocycles. The first-order valence-corrected chi connectivity index (χ1v) is 11.4. The monoisotopic (exact) mass is 475 g/mol. The Morgan fingerprint density at radius 2 is 1.88 bits per heavy atom. The predicted molar refractivity (Wildman–Crippen MR) is 130 cm³/mol. The Hall–Kier alpha value is -3.55. The zero-order valence-electron chi connectivity index (χ0n) is 17.7. The second kappa shape index (κ2) is 8.10. The molecule has 1 amide bonds. The number of hydrogen-bond acceptors (Lipinski definition) is 6. The van der Waals surface area contributed by atoms with Crippen molar-refractivity contribution in [2.75, 3.05) is 4.90 Å². The van der Waals surface area contributed by atoms with E-state index in [4.69, 9.17) is 16.6 Å². The molecule has 0 spiro atoms. The Bertz CT molecular complexity index is 1450. The predicted octanol–water partition coefficient (Wildman–Crippen LogP) is 5.59. The molecule has 164 valence electrons. The van der Waals surface area contributed by atoms with E-state index < -0.39 is 17.7 Å². The molecule has 0 saturated carbocycles. The molecular formula is C25H18ClN3O3S. The maximum Gasteiger partial charge on any atom is 0.301 e. The normalized spacial score (nSPS) is 17.8. The van der Waals surface area contributed by atoms with E-state index in [1.165, 1.54) is 16.2 Å². The van der Waals surface area contributed by atoms with Gasteiger partial charge < -0.3 is 5.11 Å². The number of amides is 1. The van der Waals surface area contributed by atoms with Gasteiger partial charge in [-0.3, -0.25) is 19.5 Å². The van der Waals surface area contributed by atoms with Gasteiger partial charge in [-0.1, -0.05) is 35.1 Å². The summed E-state index contributed by atoms with van der Waals surface area (Å²) in [6.07, 6.45) is 3.19. The third-order valence-electron chi connectivity index (χ3n) is 5.59. The van der Waals surface area contributed by atoms with Crippen LogP contribution in [0.25, 0.3) is 16.0 Å². The summed E-state index contributed by atoms with van der Waals surface area (Å²) in [5.41, 5.74) is 3.83. The Morgan fingerprint density at radius 1 is 1.12 bits per heavy atom. The number of aliphatic hydroxyl groups excluding tert-OH is 1. The number of aliphatic hydroxyl groups is 1. The average molecular weight is 476 g/mol. The van der Waals surface area contributed by atoms with Gasteiger partial charge >= 0.3 is 5.91 Å². The summed E-state index contributed by atoms with van der Waals surface area (Å²) in [5.74, 6) is -1.79. The molecule has 33 heavy (non-hydrogen) atoms. The van der Waals surface area contributed by atoms with E-state index >= 15 is 0 Å². The summed E-state index contributed by atoms with van der Waals surface area (Å²) in [7, 11) is 0. The number of Topliss-reactive ketones (excluding diaryl/α,β-unsaturated/α-hetero) is 1. The number of aryl methyl sites for hydroxylation is 2. The van der Waals surface area contributed by atoms with Crippen molar-refractivity contribution in [3.8, 4) is 0 Å². The zero-order valence-corrected chi connectivity index (χ0v) is 19.3. The number of carbonyl (C=O) groups excluding carboxylic acids is 2. The van der Waals surface area contributed by atoms with Crippen molar-refractivity contribution in [3.63, 3.8) is 0 Å². The van der Waals surface area contributed by atoms with E-state index in [-0.39, 0.29) is 11.3 Å². The van der Waals surface area contributed by atoms with Crippen molar-refractivity contribution in [1.82, 2.24) is 9.97 Å². The van der Waals surface area contributed by atoms with E-state index in [0.29, 0.717) is 21.3 Å². The fourth-order valence-corrected chi connectivity index (χ4v) is 5.40. The number of aromatic nitrogens is 2. The number of nitrogens with zero attached hydrogens (tertiary/aromatic N) is 3. The van der Waals surface area contributed by atoms with Crippen LogP contribution in [0.3, 0.4) is 0 Å². The number of carbonyl (C=O) groups is 2. The summed E-state index contributed by atoms with van der Waals surface area (Å²) < 4.78 is 0.923. The second-order valence-electron chi connectivity index (χ2n) is 7.89. The van der Waals surface area contributed by atoms with Crippen LogP contribution in [0.1, 0.15) is 28.3 Å². The van der Waals surface area contributed by atoms with Crippen LogP contribution in [0.2, 0.25) is 5.02 Å². The van der Waals surface area contributed by atoms with Crippen LogP contribution in [0.15, 0.2) is 66.5 Å². The standard InChI is InChI=1S/C25H18ClN3O3S/c1-13-10-14(2)20-18(11-13)33-25(28-20)29-21(16-4-3-9-27-12-16)19(23(31)24(29)32)22(30)15-5-7-17(26)8-6-15/h3-12,21,30H,1-2H3/b22-19+. The van der Waals surface area contributed by atoms with Crippen molar-refractivity contribution in [2.24, 2.45) is 0 Å². The van der Waals surface area contributed by atoms with Gasteiger partial charge in [0.25, 0.3) is 5.78 Å². The number of fused-ring (bicyclic) bond motifs is 1. The van der Waals surface area contributed by atoms with Gasteiger partial charge in [0.1, 0.15) is 5.76 Å². The van der Waals surface area contributed by atoms with E-state index in [0.717, 1.165) is 21.3 Å². The molecule has 1 unspecified atom stereocenters. The third kappa shape index (κ3) is 3.59. The van der Waals surface area contributed by atoms with Gasteiger partial charge in [0.2, 0.25) is 0 Å². The molecule has 4 aromatic rings. The molecule has 3 heterocycles. The topological polar surface area (TPSA) is 83.4 Å². The van der Waals surface area contributed by atoms with Crippen LogP contribution in [0.5, 0.6) is 0 Å². The molecule has 1 atom stereocenters. The van der Waals surface area contributed by atoms with Crippen LogP contribution < -0.4 is 4.90 Å². The highest BCUT2D eigenvalue weighted by Gasteiger charge is 2.48. The van der Waals surface area contributed by atoms with Gasteiger partial charge in [-0.05, 0) is 66.9 Å². The van der Waals surface area contributed by atoms with Crippen LogP contribution in [0, 0.1) is 13.8 Å². The van der Waals surface area contributed by atoms with Crippen LogP contribution in [0.4, 0.5) is 5.13 Å². The van der Waals surface area contributed by atoms with Gasteiger partial charge in [-0.25, -0.2) is 4.98 Å². The number of anilines is 1. The number of pyridine rings is 1. The van der Waals surface area contributed by atoms with Gasteiger partial charge in [0, 0.05) is 23.0 Å². The second-order valence-corrected chi connectivity index (χ2v) is 9.33. The summed E-state index contributed by atoms with van der Waals surface area (Å²) in [6.45, 7) is 3.96. The number of rotatable bonds is 3. The van der Waals surface area contributed by atoms with Crippen molar-refractivity contribution < 1.29 is 14.7 Å². The fraction of sp³-hybridized carbons (Fsp3) is 0.120. The van der Waals surface area contributed by atoms with Crippen molar-refractivity contribution >= 4 is 55.7 Å². The van der Waals surface area contributed by atoms with Crippen LogP contribution in [-0.2, 0) is 9.59 Å². The number of benzene rings is 2. The highest BCUT2D eigenvalue weighted by atomic mass is 35.5. The van der Waals surface area contributed by atoms with E-state index in [1.54, 1.807) is 48.8 Å². The number of ketones is 1. The molecule has 1 aliphatic heterocycles.